The smallest absolute Gasteiger partial charge is 0.262 e. The normalized spacial score (nSPS) is 12.5. The van der Waals surface area contributed by atoms with Crippen LogP contribution in [0.4, 0.5) is 0 Å². The number of H-pyrrole nitrogens is 1. The largest absolute Gasteiger partial charge is 0.467 e. The van der Waals surface area contributed by atoms with Gasteiger partial charge in [0.15, 0.2) is 0 Å². The van der Waals surface area contributed by atoms with Crippen LogP contribution in [0.2, 0.25) is 0 Å². The van der Waals surface area contributed by atoms with Crippen LogP contribution in [0.15, 0.2) is 38.4 Å². The van der Waals surface area contributed by atoms with E-state index in [1.807, 2.05) is 0 Å². The summed E-state index contributed by atoms with van der Waals surface area (Å²) in [7, 11) is 0. The van der Waals surface area contributed by atoms with Crippen molar-refractivity contribution in [3.05, 3.63) is 52.2 Å². The lowest BCUT2D eigenvalue weighted by atomic mass is 10.1. The Hall–Kier alpha value is -2.83. The van der Waals surface area contributed by atoms with Crippen LogP contribution < -0.4 is 10.9 Å². The van der Waals surface area contributed by atoms with Crippen molar-refractivity contribution in [1.82, 2.24) is 15.3 Å². The molecule has 0 fully saturated rings. The highest BCUT2D eigenvalue weighted by molar-refractivity contribution is 6.06. The van der Waals surface area contributed by atoms with Crippen LogP contribution in [0.3, 0.4) is 0 Å². The number of aryl methyl sites for hydroxylation is 1. The second kappa shape index (κ2) is 4.93. The van der Waals surface area contributed by atoms with E-state index in [1.165, 1.54) is 12.6 Å². The molecular weight excluding hydrogens is 274 g/mol. The van der Waals surface area contributed by atoms with Crippen molar-refractivity contribution in [3.8, 4) is 0 Å². The molecular formula is C14H13N3O4. The summed E-state index contributed by atoms with van der Waals surface area (Å²) < 4.78 is 10.6. The van der Waals surface area contributed by atoms with E-state index in [1.54, 1.807) is 26.0 Å². The van der Waals surface area contributed by atoms with Gasteiger partial charge in [0, 0.05) is 0 Å². The number of aromatic amines is 1. The molecule has 2 N–H and O–H groups in total. The minimum Gasteiger partial charge on any atom is -0.467 e. The first-order chi connectivity index (χ1) is 10.1. The lowest BCUT2D eigenvalue weighted by Gasteiger charge is -2.10. The summed E-state index contributed by atoms with van der Waals surface area (Å²) in [4.78, 5) is 30.6. The summed E-state index contributed by atoms with van der Waals surface area (Å²) in [6.07, 6.45) is 2.77. The fraction of sp³-hybridized carbons (Fsp3) is 0.214. The molecule has 21 heavy (non-hydrogen) atoms. The molecule has 7 heteroatoms. The number of carbonyl (C=O) groups excluding carboxylic acids is 1. The first kappa shape index (κ1) is 13.2. The summed E-state index contributed by atoms with van der Waals surface area (Å²) in [5.74, 6) is 0.563. The number of fused-ring (bicyclic) bond motifs is 1. The Morgan fingerprint density at radius 1 is 1.48 bits per heavy atom. The third kappa shape index (κ3) is 2.22. The number of nitrogens with zero attached hydrogens (tertiary/aromatic N) is 1. The molecule has 0 aromatic carbocycles. The summed E-state index contributed by atoms with van der Waals surface area (Å²) in [6.45, 7) is 3.41. The maximum Gasteiger partial charge on any atom is 0.262 e. The lowest BCUT2D eigenvalue weighted by molar-refractivity contribution is 0.0935. The molecule has 0 aliphatic heterocycles. The zero-order valence-corrected chi connectivity index (χ0v) is 11.5. The standard InChI is InChI=1S/C14H13N3O4/c1-7(9-4-3-5-20-9)17-13(19)10-8(2)21-14-11(10)12(18)15-6-16-14/h3-7H,1-2H3,(H,17,19)(H,15,16,18)/t7-/m1/s1. The van der Waals surface area contributed by atoms with E-state index in [0.29, 0.717) is 11.5 Å². The Morgan fingerprint density at radius 3 is 3.00 bits per heavy atom. The van der Waals surface area contributed by atoms with Crippen LogP contribution in [0.25, 0.3) is 11.1 Å². The molecule has 108 valence electrons. The molecule has 3 heterocycles. The van der Waals surface area contributed by atoms with Gasteiger partial charge in [-0.2, -0.15) is 0 Å². The highest BCUT2D eigenvalue weighted by atomic mass is 16.3. The van der Waals surface area contributed by atoms with Crippen molar-refractivity contribution in [2.75, 3.05) is 0 Å². The van der Waals surface area contributed by atoms with E-state index in [9.17, 15) is 9.59 Å². The molecule has 7 nitrogen and oxygen atoms in total. The maximum absolute atomic E-state index is 12.4. The molecule has 0 saturated carbocycles. The number of rotatable bonds is 3. The number of amides is 1. The molecule has 0 unspecified atom stereocenters. The highest BCUT2D eigenvalue weighted by Gasteiger charge is 2.23. The predicted molar refractivity (Wildman–Crippen MR) is 74.0 cm³/mol. The monoisotopic (exact) mass is 287 g/mol. The third-order valence-electron chi connectivity index (χ3n) is 3.21. The van der Waals surface area contributed by atoms with Crippen LogP contribution in [0.5, 0.6) is 0 Å². The number of nitrogens with one attached hydrogen (secondary N) is 2. The maximum atomic E-state index is 12.4. The Bertz CT molecular complexity index is 845. The second-order valence-corrected chi connectivity index (χ2v) is 4.66. The van der Waals surface area contributed by atoms with Gasteiger partial charge in [-0.1, -0.05) is 0 Å². The van der Waals surface area contributed by atoms with E-state index in [2.05, 4.69) is 15.3 Å². The van der Waals surface area contributed by atoms with Crippen LogP contribution in [-0.4, -0.2) is 15.9 Å². The molecule has 3 aromatic heterocycles. The van der Waals surface area contributed by atoms with E-state index in [-0.39, 0.29) is 22.7 Å². The van der Waals surface area contributed by atoms with Gasteiger partial charge in [0.1, 0.15) is 16.9 Å². The van der Waals surface area contributed by atoms with Gasteiger partial charge in [-0.15, -0.1) is 0 Å². The second-order valence-electron chi connectivity index (χ2n) is 4.66. The van der Waals surface area contributed by atoms with Gasteiger partial charge in [-0.3, -0.25) is 9.59 Å². The summed E-state index contributed by atoms with van der Waals surface area (Å²) in [6, 6.07) is 3.18. The van der Waals surface area contributed by atoms with Gasteiger partial charge < -0.3 is 19.1 Å². The number of hydrogen-bond donors (Lipinski definition) is 2. The Labute approximate surface area is 119 Å². The lowest BCUT2D eigenvalue weighted by Crippen LogP contribution is -2.27. The van der Waals surface area contributed by atoms with E-state index < -0.39 is 11.5 Å². The number of furan rings is 2. The quantitative estimate of drug-likeness (QED) is 0.766. The molecule has 0 radical (unpaired) electrons. The first-order valence-electron chi connectivity index (χ1n) is 6.39. The van der Waals surface area contributed by atoms with E-state index in [0.717, 1.165) is 0 Å². The average Bonchev–Trinajstić information content (AvgIpc) is 3.05. The minimum absolute atomic E-state index is 0.145. The van der Waals surface area contributed by atoms with Gasteiger partial charge in [0.25, 0.3) is 11.5 Å². The fourth-order valence-corrected chi connectivity index (χ4v) is 2.20. The van der Waals surface area contributed by atoms with Crippen molar-refractivity contribution in [2.24, 2.45) is 0 Å². The molecule has 0 saturated heterocycles. The predicted octanol–water partition coefficient (Wildman–Crippen LogP) is 1.91. The van der Waals surface area contributed by atoms with Crippen molar-refractivity contribution in [3.63, 3.8) is 0 Å². The van der Waals surface area contributed by atoms with Crippen molar-refractivity contribution < 1.29 is 13.6 Å². The van der Waals surface area contributed by atoms with Crippen LogP contribution in [-0.2, 0) is 0 Å². The van der Waals surface area contributed by atoms with Gasteiger partial charge in [0.2, 0.25) is 5.71 Å². The topological polar surface area (TPSA) is 101 Å². The van der Waals surface area contributed by atoms with Gasteiger partial charge >= 0.3 is 0 Å². The average molecular weight is 287 g/mol. The van der Waals surface area contributed by atoms with Gasteiger partial charge in [0.05, 0.1) is 24.2 Å². The minimum atomic E-state index is -0.410. The summed E-state index contributed by atoms with van der Waals surface area (Å²) >= 11 is 0. The summed E-state index contributed by atoms with van der Waals surface area (Å²) in [5, 5.41) is 2.92. The highest BCUT2D eigenvalue weighted by Crippen LogP contribution is 2.21. The zero-order chi connectivity index (χ0) is 15.0. The van der Waals surface area contributed by atoms with E-state index in [4.69, 9.17) is 8.83 Å². The first-order valence-corrected chi connectivity index (χ1v) is 6.39. The van der Waals surface area contributed by atoms with Gasteiger partial charge in [-0.25, -0.2) is 4.98 Å². The number of carbonyl (C=O) groups is 1. The molecule has 3 rings (SSSR count). The Balaban J connectivity index is 1.99. The molecule has 1 amide bonds. The van der Waals surface area contributed by atoms with Crippen LogP contribution in [0, 0.1) is 6.92 Å². The van der Waals surface area contributed by atoms with Crippen molar-refractivity contribution >= 4 is 17.0 Å². The number of hydrogen-bond acceptors (Lipinski definition) is 5. The van der Waals surface area contributed by atoms with E-state index >= 15 is 0 Å². The molecule has 0 aliphatic carbocycles. The van der Waals surface area contributed by atoms with Crippen LogP contribution in [0.1, 0.15) is 34.8 Å². The van der Waals surface area contributed by atoms with Crippen molar-refractivity contribution in [2.45, 2.75) is 19.9 Å². The molecule has 1 atom stereocenters. The fourth-order valence-electron chi connectivity index (χ4n) is 2.20. The Morgan fingerprint density at radius 2 is 2.29 bits per heavy atom. The molecule has 0 bridgehead atoms. The summed E-state index contributed by atoms with van der Waals surface area (Å²) in [5.41, 5.74) is -0.0718. The van der Waals surface area contributed by atoms with Gasteiger partial charge in [-0.05, 0) is 26.0 Å². The van der Waals surface area contributed by atoms with Crippen LogP contribution >= 0.6 is 0 Å². The zero-order valence-electron chi connectivity index (χ0n) is 11.5. The molecule has 0 aliphatic rings. The third-order valence-corrected chi connectivity index (χ3v) is 3.21. The SMILES string of the molecule is Cc1oc2nc[nH]c(=O)c2c1C(=O)N[C@H](C)c1ccco1. The number of aromatic nitrogens is 2. The molecule has 3 aromatic rings. The molecule has 0 spiro atoms. The van der Waals surface area contributed by atoms with Crippen molar-refractivity contribution in [1.29, 1.82) is 0 Å². The Kier molecular flexibility index (Phi) is 3.09.